The smallest absolute Gasteiger partial charge is 0.508 e. The summed E-state index contributed by atoms with van der Waals surface area (Å²) in [7, 11) is 0. The molecule has 0 radical (unpaired) electrons. The van der Waals surface area contributed by atoms with Crippen molar-refractivity contribution in [3.63, 3.8) is 0 Å². The van der Waals surface area contributed by atoms with Gasteiger partial charge in [0.2, 0.25) is 0 Å². The molecule has 0 spiro atoms. The third-order valence-electron chi connectivity index (χ3n) is 2.73. The molecule has 0 saturated heterocycles. The van der Waals surface area contributed by atoms with Crippen LogP contribution in [-0.2, 0) is 6.42 Å². The minimum atomic E-state index is -4.60. The van der Waals surface area contributed by atoms with Crippen LogP contribution < -0.4 is 4.74 Å². The summed E-state index contributed by atoms with van der Waals surface area (Å²) >= 11 is 0. The van der Waals surface area contributed by atoms with E-state index in [4.69, 9.17) is 5.11 Å². The van der Waals surface area contributed by atoms with Crippen molar-refractivity contribution in [2.75, 3.05) is 0 Å². The molecule has 0 aromatic heterocycles. The maximum atomic E-state index is 11.5. The number of para-hydroxylation sites is 1. The van der Waals surface area contributed by atoms with E-state index < -0.39 is 6.36 Å². The van der Waals surface area contributed by atoms with Gasteiger partial charge in [-0.15, -0.1) is 13.2 Å². The van der Waals surface area contributed by atoms with Gasteiger partial charge < -0.3 is 9.84 Å². The molecule has 120 valence electrons. The van der Waals surface area contributed by atoms with Crippen molar-refractivity contribution in [2.24, 2.45) is 0 Å². The average Bonchev–Trinajstić information content (AvgIpc) is 2.47. The minimum absolute atomic E-state index is 0.194. The molecule has 0 fully saturated rings. The highest BCUT2D eigenvalue weighted by Gasteiger charge is 2.30. The van der Waals surface area contributed by atoms with Gasteiger partial charge in [-0.3, -0.25) is 0 Å². The monoisotopic (exact) mass is 312 g/mol. The number of hydrogen-bond acceptors (Lipinski definition) is 2. The second-order valence-electron chi connectivity index (χ2n) is 4.63. The molecule has 0 bridgehead atoms. The molecule has 22 heavy (non-hydrogen) atoms. The van der Waals surface area contributed by atoms with Crippen LogP contribution in [0, 0.1) is 0 Å². The second kappa shape index (κ2) is 8.97. The van der Waals surface area contributed by atoms with Crippen molar-refractivity contribution in [1.29, 1.82) is 0 Å². The van der Waals surface area contributed by atoms with Gasteiger partial charge in [0.25, 0.3) is 0 Å². The molecule has 2 rings (SSSR count). The van der Waals surface area contributed by atoms with Crippen LogP contribution in [0.1, 0.15) is 25.3 Å². The maximum Gasteiger partial charge on any atom is 0.573 e. The maximum absolute atomic E-state index is 11.5. The zero-order chi connectivity index (χ0) is 16.4. The molecule has 0 heterocycles. The minimum Gasteiger partial charge on any atom is -0.508 e. The number of ether oxygens (including phenoxy) is 1. The summed E-state index contributed by atoms with van der Waals surface area (Å²) in [5.41, 5.74) is 1.31. The van der Waals surface area contributed by atoms with Crippen molar-refractivity contribution in [3.8, 4) is 11.5 Å². The largest absolute Gasteiger partial charge is 0.573 e. The number of unbranched alkanes of at least 4 members (excludes halogenated alkanes) is 1. The predicted octanol–water partition coefficient (Wildman–Crippen LogP) is 5.32. The SMILES string of the molecule is CCCCc1ccc(O)cc1.FC(F)(F)Oc1ccccc1. The predicted molar refractivity (Wildman–Crippen MR) is 79.8 cm³/mol. The standard InChI is InChI=1S/C10H14O.C7H5F3O/c1-2-3-4-9-5-7-10(11)8-6-9;8-7(9,10)11-6-4-2-1-3-5-6/h5-8,11H,2-4H2,1H3;1-5H. The van der Waals surface area contributed by atoms with E-state index in [1.807, 2.05) is 12.1 Å². The zero-order valence-electron chi connectivity index (χ0n) is 12.3. The fraction of sp³-hybridized carbons (Fsp3) is 0.294. The number of phenols is 1. The van der Waals surface area contributed by atoms with Gasteiger partial charge in [-0.2, -0.15) is 0 Å². The molecule has 0 amide bonds. The molecule has 2 aromatic carbocycles. The molecule has 0 aliphatic heterocycles. The summed E-state index contributed by atoms with van der Waals surface area (Å²) in [6.07, 6.45) is -1.02. The van der Waals surface area contributed by atoms with Crippen molar-refractivity contribution in [1.82, 2.24) is 0 Å². The summed E-state index contributed by atoms with van der Waals surface area (Å²) < 4.78 is 38.2. The van der Waals surface area contributed by atoms with Crippen LogP contribution >= 0.6 is 0 Å². The lowest BCUT2D eigenvalue weighted by Gasteiger charge is -2.07. The Bertz CT molecular complexity index is 522. The van der Waals surface area contributed by atoms with E-state index in [-0.39, 0.29) is 5.75 Å². The molecule has 2 aromatic rings. The number of benzene rings is 2. The topological polar surface area (TPSA) is 29.5 Å². The van der Waals surface area contributed by atoms with E-state index in [9.17, 15) is 13.2 Å². The van der Waals surface area contributed by atoms with E-state index in [0.29, 0.717) is 5.75 Å². The molecule has 0 atom stereocenters. The van der Waals surface area contributed by atoms with Crippen molar-refractivity contribution < 1.29 is 23.0 Å². The molecule has 2 nitrogen and oxygen atoms in total. The number of hydrogen-bond donors (Lipinski definition) is 1. The number of aryl methyl sites for hydroxylation is 1. The number of rotatable bonds is 4. The van der Waals surface area contributed by atoms with E-state index in [1.165, 1.54) is 42.7 Å². The van der Waals surface area contributed by atoms with Gasteiger partial charge >= 0.3 is 6.36 Å². The van der Waals surface area contributed by atoms with Gasteiger partial charge in [-0.25, -0.2) is 0 Å². The van der Waals surface area contributed by atoms with Crippen molar-refractivity contribution in [3.05, 3.63) is 60.2 Å². The lowest BCUT2D eigenvalue weighted by molar-refractivity contribution is -0.274. The van der Waals surface area contributed by atoms with Crippen LogP contribution in [0.5, 0.6) is 11.5 Å². The Morgan fingerprint density at radius 3 is 2.05 bits per heavy atom. The van der Waals surface area contributed by atoms with E-state index in [0.717, 1.165) is 6.42 Å². The lowest BCUT2D eigenvalue weighted by atomic mass is 10.1. The molecule has 0 unspecified atom stereocenters. The first-order valence-corrected chi connectivity index (χ1v) is 6.99. The van der Waals surface area contributed by atoms with Gasteiger partial charge in [0, 0.05) is 0 Å². The zero-order valence-corrected chi connectivity index (χ0v) is 12.3. The Kier molecular flexibility index (Phi) is 7.29. The van der Waals surface area contributed by atoms with E-state index >= 15 is 0 Å². The summed E-state index contributed by atoms with van der Waals surface area (Å²) in [4.78, 5) is 0. The van der Waals surface area contributed by atoms with Gasteiger partial charge in [0.15, 0.2) is 0 Å². The second-order valence-corrected chi connectivity index (χ2v) is 4.63. The summed E-state index contributed by atoms with van der Waals surface area (Å²) in [6.45, 7) is 2.18. The molecule has 5 heteroatoms. The molecular weight excluding hydrogens is 293 g/mol. The molecule has 0 aliphatic carbocycles. The molecule has 0 saturated carbocycles. The highest BCUT2D eigenvalue weighted by Crippen LogP contribution is 2.21. The van der Waals surface area contributed by atoms with Crippen LogP contribution in [0.4, 0.5) is 13.2 Å². The summed E-state index contributed by atoms with van der Waals surface area (Å²) in [6, 6.07) is 14.5. The third-order valence-corrected chi connectivity index (χ3v) is 2.73. The molecular formula is C17H19F3O2. The highest BCUT2D eigenvalue weighted by atomic mass is 19.4. The quantitative estimate of drug-likeness (QED) is 0.828. The van der Waals surface area contributed by atoms with Gasteiger partial charge in [-0.1, -0.05) is 43.7 Å². The van der Waals surface area contributed by atoms with E-state index in [2.05, 4.69) is 11.7 Å². The average molecular weight is 312 g/mol. The first-order chi connectivity index (χ1) is 10.4. The van der Waals surface area contributed by atoms with Crippen LogP contribution in [-0.4, -0.2) is 11.5 Å². The molecule has 1 N–H and O–H groups in total. The van der Waals surface area contributed by atoms with Gasteiger partial charge in [-0.05, 0) is 42.7 Å². The highest BCUT2D eigenvalue weighted by molar-refractivity contribution is 5.25. The van der Waals surface area contributed by atoms with Gasteiger partial charge in [0.05, 0.1) is 0 Å². The third kappa shape index (κ3) is 8.19. The Labute approximate surface area is 128 Å². The number of phenolic OH excluding ortho intramolecular Hbond substituents is 1. The summed E-state index contributed by atoms with van der Waals surface area (Å²) in [5, 5.41) is 8.98. The van der Waals surface area contributed by atoms with Crippen LogP contribution in [0.2, 0.25) is 0 Å². The summed E-state index contributed by atoms with van der Waals surface area (Å²) in [5.74, 6) is 0.158. The normalized spacial score (nSPS) is 10.5. The van der Waals surface area contributed by atoms with Crippen molar-refractivity contribution >= 4 is 0 Å². The van der Waals surface area contributed by atoms with Crippen LogP contribution in [0.15, 0.2) is 54.6 Å². The van der Waals surface area contributed by atoms with Crippen LogP contribution in [0.25, 0.3) is 0 Å². The first kappa shape index (κ1) is 17.9. The Morgan fingerprint density at radius 1 is 0.955 bits per heavy atom. The Balaban J connectivity index is 0.000000220. The Morgan fingerprint density at radius 2 is 1.55 bits per heavy atom. The fourth-order valence-corrected chi connectivity index (χ4v) is 1.67. The Hall–Kier alpha value is -2.17. The van der Waals surface area contributed by atoms with E-state index in [1.54, 1.807) is 18.2 Å². The number of aromatic hydroxyl groups is 1. The molecule has 0 aliphatic rings. The van der Waals surface area contributed by atoms with Gasteiger partial charge in [0.1, 0.15) is 11.5 Å². The number of alkyl halides is 3. The number of halogens is 3. The van der Waals surface area contributed by atoms with Crippen molar-refractivity contribution in [2.45, 2.75) is 32.5 Å². The first-order valence-electron chi connectivity index (χ1n) is 6.99. The van der Waals surface area contributed by atoms with Crippen LogP contribution in [0.3, 0.4) is 0 Å². The lowest BCUT2D eigenvalue weighted by Crippen LogP contribution is -2.16. The fourth-order valence-electron chi connectivity index (χ4n) is 1.67.